The van der Waals surface area contributed by atoms with Gasteiger partial charge in [-0.1, -0.05) is 0 Å². The van der Waals surface area contributed by atoms with E-state index in [-0.39, 0.29) is 36.6 Å². The van der Waals surface area contributed by atoms with E-state index in [0.717, 1.165) is 0 Å². The van der Waals surface area contributed by atoms with Crippen LogP contribution >= 0.6 is 12.4 Å². The molecule has 0 bridgehead atoms. The lowest BCUT2D eigenvalue weighted by Crippen LogP contribution is -2.27. The Hall–Kier alpha value is -2.55. The highest BCUT2D eigenvalue weighted by molar-refractivity contribution is 6.01. The van der Waals surface area contributed by atoms with E-state index < -0.39 is 16.8 Å². The summed E-state index contributed by atoms with van der Waals surface area (Å²) in [5.41, 5.74) is 0.642. The summed E-state index contributed by atoms with van der Waals surface area (Å²) < 4.78 is 4.46. The second-order valence-corrected chi connectivity index (χ2v) is 4.25. The SMILES string of the molecule is CNc1cc(NC)c([N+](=O)[O-])cc1C(=O)NCCC(=O)OC.Cl. The maximum absolute atomic E-state index is 12.1. The van der Waals surface area contributed by atoms with Crippen molar-refractivity contribution in [1.29, 1.82) is 0 Å². The van der Waals surface area contributed by atoms with Crippen molar-refractivity contribution < 1.29 is 19.2 Å². The number of nitrogens with one attached hydrogen (secondary N) is 3. The smallest absolute Gasteiger partial charge is 0.307 e. The maximum Gasteiger partial charge on any atom is 0.307 e. The fourth-order valence-electron chi connectivity index (χ4n) is 1.81. The van der Waals surface area contributed by atoms with Gasteiger partial charge in [-0.3, -0.25) is 19.7 Å². The number of carbonyl (C=O) groups excluding carboxylic acids is 2. The summed E-state index contributed by atoms with van der Waals surface area (Å²) in [7, 11) is 4.41. The van der Waals surface area contributed by atoms with Crippen molar-refractivity contribution >= 4 is 41.3 Å². The van der Waals surface area contributed by atoms with Crippen LogP contribution in [0.3, 0.4) is 0 Å². The van der Waals surface area contributed by atoms with Gasteiger partial charge < -0.3 is 20.7 Å². The van der Waals surface area contributed by atoms with E-state index in [4.69, 9.17) is 0 Å². The molecule has 0 radical (unpaired) electrons. The number of nitro benzene ring substituents is 1. The predicted octanol–water partition coefficient (Wildman–Crippen LogP) is 1.39. The number of amides is 1. The van der Waals surface area contributed by atoms with Crippen molar-refractivity contribution in [1.82, 2.24) is 5.32 Å². The molecular weight excluding hydrogens is 328 g/mol. The number of benzene rings is 1. The number of hydrogen-bond donors (Lipinski definition) is 3. The number of rotatable bonds is 7. The first-order valence-electron chi connectivity index (χ1n) is 6.47. The van der Waals surface area contributed by atoms with Gasteiger partial charge in [0.25, 0.3) is 11.6 Å². The molecule has 0 atom stereocenters. The topological polar surface area (TPSA) is 123 Å². The number of ether oxygens (including phenoxy) is 1. The van der Waals surface area contributed by atoms with Crippen LogP contribution in [0, 0.1) is 10.1 Å². The van der Waals surface area contributed by atoms with Crippen molar-refractivity contribution in [3.05, 3.63) is 27.8 Å². The summed E-state index contributed by atoms with van der Waals surface area (Å²) in [6.07, 6.45) is 0.0216. The Balaban J connectivity index is 0.00000484. The lowest BCUT2D eigenvalue weighted by Gasteiger charge is -2.12. The first-order chi connectivity index (χ1) is 10.4. The van der Waals surface area contributed by atoms with Gasteiger partial charge in [-0.05, 0) is 6.07 Å². The van der Waals surface area contributed by atoms with Gasteiger partial charge in [-0.15, -0.1) is 12.4 Å². The molecule has 23 heavy (non-hydrogen) atoms. The molecule has 1 aromatic rings. The quantitative estimate of drug-likeness (QED) is 0.387. The monoisotopic (exact) mass is 346 g/mol. The van der Waals surface area contributed by atoms with Crippen LogP contribution in [0.2, 0.25) is 0 Å². The summed E-state index contributed by atoms with van der Waals surface area (Å²) in [6, 6.07) is 2.67. The van der Waals surface area contributed by atoms with Crippen molar-refractivity contribution in [3.63, 3.8) is 0 Å². The highest BCUT2D eigenvalue weighted by Crippen LogP contribution is 2.30. The van der Waals surface area contributed by atoms with Crippen molar-refractivity contribution in [2.24, 2.45) is 0 Å². The van der Waals surface area contributed by atoms with Gasteiger partial charge in [0, 0.05) is 32.4 Å². The molecule has 1 amide bonds. The zero-order valence-corrected chi connectivity index (χ0v) is 13.8. The molecule has 0 unspecified atom stereocenters. The van der Waals surface area contributed by atoms with E-state index in [2.05, 4.69) is 20.7 Å². The number of anilines is 2. The second kappa shape index (κ2) is 9.46. The number of methoxy groups -OCH3 is 1. The lowest BCUT2D eigenvalue weighted by molar-refractivity contribution is -0.383. The molecular formula is C13H19ClN4O5. The molecule has 0 aliphatic carbocycles. The lowest BCUT2D eigenvalue weighted by atomic mass is 10.1. The van der Waals surface area contributed by atoms with Gasteiger partial charge >= 0.3 is 5.97 Å². The largest absolute Gasteiger partial charge is 0.469 e. The van der Waals surface area contributed by atoms with E-state index in [0.29, 0.717) is 11.4 Å². The Labute approximate surface area is 139 Å². The molecule has 0 saturated carbocycles. The third-order valence-corrected chi connectivity index (χ3v) is 2.96. The number of halogens is 1. The minimum Gasteiger partial charge on any atom is -0.469 e. The van der Waals surface area contributed by atoms with E-state index in [1.807, 2.05) is 0 Å². The van der Waals surface area contributed by atoms with E-state index in [9.17, 15) is 19.7 Å². The molecule has 0 saturated heterocycles. The van der Waals surface area contributed by atoms with Crippen molar-refractivity contribution in [2.45, 2.75) is 6.42 Å². The Morgan fingerprint density at radius 2 is 1.83 bits per heavy atom. The van der Waals surface area contributed by atoms with Gasteiger partial charge in [0.05, 0.1) is 24.0 Å². The first-order valence-corrected chi connectivity index (χ1v) is 6.47. The summed E-state index contributed by atoms with van der Waals surface area (Å²) in [5, 5.41) is 19.1. The standard InChI is InChI=1S/C13H18N4O5.ClH/c1-14-9-7-10(15-2)11(17(20)21)6-8(9)13(19)16-5-4-12(18)22-3;/h6-7,14-15H,4-5H2,1-3H3,(H,16,19);1H. The Bertz CT molecular complexity index is 594. The Kier molecular flexibility index (Phi) is 8.41. The highest BCUT2D eigenvalue weighted by atomic mass is 35.5. The highest BCUT2D eigenvalue weighted by Gasteiger charge is 2.21. The zero-order valence-electron chi connectivity index (χ0n) is 13.0. The predicted molar refractivity (Wildman–Crippen MR) is 88.4 cm³/mol. The summed E-state index contributed by atoms with van der Waals surface area (Å²) >= 11 is 0. The van der Waals surface area contributed by atoms with Gasteiger partial charge in [0.15, 0.2) is 0 Å². The molecule has 0 fully saturated rings. The van der Waals surface area contributed by atoms with Crippen LogP contribution in [-0.4, -0.2) is 44.5 Å². The van der Waals surface area contributed by atoms with Gasteiger partial charge in [-0.25, -0.2) is 0 Å². The molecule has 10 heteroatoms. The maximum atomic E-state index is 12.1. The molecule has 0 heterocycles. The Morgan fingerprint density at radius 1 is 1.22 bits per heavy atom. The van der Waals surface area contributed by atoms with E-state index in [1.54, 1.807) is 14.1 Å². The zero-order chi connectivity index (χ0) is 16.7. The number of nitro groups is 1. The number of nitrogens with zero attached hydrogens (tertiary/aromatic N) is 1. The van der Waals surface area contributed by atoms with Crippen molar-refractivity contribution in [2.75, 3.05) is 38.4 Å². The number of carbonyl (C=O) groups is 2. The molecule has 3 N–H and O–H groups in total. The molecule has 1 rings (SSSR count). The average molecular weight is 347 g/mol. The molecule has 0 spiro atoms. The van der Waals surface area contributed by atoms with E-state index >= 15 is 0 Å². The second-order valence-electron chi connectivity index (χ2n) is 4.25. The Morgan fingerprint density at radius 3 is 2.30 bits per heavy atom. The summed E-state index contributed by atoms with van der Waals surface area (Å²) in [5.74, 6) is -0.968. The molecule has 1 aromatic carbocycles. The first kappa shape index (κ1) is 20.5. The van der Waals surface area contributed by atoms with Gasteiger partial charge in [0.1, 0.15) is 5.69 Å². The van der Waals surface area contributed by atoms with Gasteiger partial charge in [-0.2, -0.15) is 0 Å². The molecule has 128 valence electrons. The van der Waals surface area contributed by atoms with Crippen LogP contribution in [0.1, 0.15) is 16.8 Å². The molecule has 0 aliphatic heterocycles. The minimum atomic E-state index is -0.573. The van der Waals surface area contributed by atoms with Crippen molar-refractivity contribution in [3.8, 4) is 0 Å². The van der Waals surface area contributed by atoms with Gasteiger partial charge in [0.2, 0.25) is 0 Å². The summed E-state index contributed by atoms with van der Waals surface area (Å²) in [6.45, 7) is 0.0796. The van der Waals surface area contributed by atoms with Crippen LogP contribution in [0.25, 0.3) is 0 Å². The molecule has 9 nitrogen and oxygen atoms in total. The van der Waals surface area contributed by atoms with Crippen LogP contribution in [0.15, 0.2) is 12.1 Å². The van der Waals surface area contributed by atoms with Crippen LogP contribution in [-0.2, 0) is 9.53 Å². The normalized spacial score (nSPS) is 9.35. The number of esters is 1. The minimum absolute atomic E-state index is 0. The third-order valence-electron chi connectivity index (χ3n) is 2.96. The number of hydrogen-bond acceptors (Lipinski definition) is 7. The molecule has 0 aromatic heterocycles. The van der Waals surface area contributed by atoms with Crippen LogP contribution in [0.5, 0.6) is 0 Å². The van der Waals surface area contributed by atoms with Crippen LogP contribution in [0.4, 0.5) is 17.1 Å². The van der Waals surface area contributed by atoms with Crippen LogP contribution < -0.4 is 16.0 Å². The average Bonchev–Trinajstić information content (AvgIpc) is 2.52. The van der Waals surface area contributed by atoms with E-state index in [1.165, 1.54) is 19.2 Å². The fourth-order valence-corrected chi connectivity index (χ4v) is 1.81. The molecule has 0 aliphatic rings. The fraction of sp³-hybridized carbons (Fsp3) is 0.385. The third kappa shape index (κ3) is 5.29. The summed E-state index contributed by atoms with van der Waals surface area (Å²) in [4.78, 5) is 33.6.